The van der Waals surface area contributed by atoms with Crippen LogP contribution in [0.15, 0.2) is 24.3 Å². The standard InChI is InChI=1S/C15H14FNO3/c1-8-6-13(15(19)20-10(3)9(2)18)12-5-4-11(16)7-14(12)17-8/h4-7,10H,1-3H3/t10-/m0/s1. The van der Waals surface area contributed by atoms with E-state index in [0.29, 0.717) is 16.6 Å². The maximum atomic E-state index is 13.2. The minimum atomic E-state index is -0.813. The number of pyridine rings is 1. The highest BCUT2D eigenvalue weighted by Gasteiger charge is 2.18. The van der Waals surface area contributed by atoms with Crippen LogP contribution in [0.1, 0.15) is 29.9 Å². The van der Waals surface area contributed by atoms with Gasteiger partial charge in [-0.15, -0.1) is 0 Å². The molecular weight excluding hydrogens is 261 g/mol. The van der Waals surface area contributed by atoms with Crippen molar-refractivity contribution in [2.45, 2.75) is 26.9 Å². The van der Waals surface area contributed by atoms with Gasteiger partial charge in [0, 0.05) is 17.1 Å². The van der Waals surface area contributed by atoms with Gasteiger partial charge in [0.05, 0.1) is 11.1 Å². The molecular formula is C15H14FNO3. The molecule has 0 N–H and O–H groups in total. The van der Waals surface area contributed by atoms with Crippen LogP contribution in [0.2, 0.25) is 0 Å². The van der Waals surface area contributed by atoms with Gasteiger partial charge in [-0.05, 0) is 39.0 Å². The second-order valence-corrected chi connectivity index (χ2v) is 4.63. The van der Waals surface area contributed by atoms with Crippen LogP contribution < -0.4 is 0 Å². The minimum absolute atomic E-state index is 0.237. The molecule has 0 radical (unpaired) electrons. The molecule has 0 aliphatic heterocycles. The van der Waals surface area contributed by atoms with E-state index >= 15 is 0 Å². The molecule has 0 amide bonds. The molecule has 1 aromatic carbocycles. The number of Topliss-reactive ketones (excluding diaryl/α,β-unsaturated/α-hetero) is 1. The lowest BCUT2D eigenvalue weighted by Crippen LogP contribution is -2.22. The first-order valence-corrected chi connectivity index (χ1v) is 6.17. The van der Waals surface area contributed by atoms with E-state index < -0.39 is 17.9 Å². The van der Waals surface area contributed by atoms with Crippen molar-refractivity contribution in [3.8, 4) is 0 Å². The van der Waals surface area contributed by atoms with E-state index in [2.05, 4.69) is 4.98 Å². The highest BCUT2D eigenvalue weighted by Crippen LogP contribution is 2.20. The Morgan fingerprint density at radius 2 is 2.00 bits per heavy atom. The summed E-state index contributed by atoms with van der Waals surface area (Å²) in [4.78, 5) is 27.4. The Balaban J connectivity index is 2.48. The molecule has 0 aliphatic carbocycles. The zero-order valence-corrected chi connectivity index (χ0v) is 11.4. The summed E-state index contributed by atoms with van der Waals surface area (Å²) in [5.41, 5.74) is 1.23. The van der Waals surface area contributed by atoms with Crippen molar-refractivity contribution in [2.24, 2.45) is 0 Å². The third-order valence-corrected chi connectivity index (χ3v) is 2.98. The Labute approximate surface area is 115 Å². The summed E-state index contributed by atoms with van der Waals surface area (Å²) in [6.07, 6.45) is -0.813. The predicted octanol–water partition coefficient (Wildman–Crippen LogP) is 2.82. The van der Waals surface area contributed by atoms with E-state index in [1.165, 1.54) is 32.0 Å². The number of ketones is 1. The fourth-order valence-electron chi connectivity index (χ4n) is 1.81. The summed E-state index contributed by atoms with van der Waals surface area (Å²) < 4.78 is 18.3. The second kappa shape index (κ2) is 5.36. The summed E-state index contributed by atoms with van der Waals surface area (Å²) in [7, 11) is 0. The maximum absolute atomic E-state index is 13.2. The fraction of sp³-hybridized carbons (Fsp3) is 0.267. The number of ether oxygens (including phenoxy) is 1. The number of esters is 1. The number of rotatable bonds is 3. The van der Waals surface area contributed by atoms with Crippen LogP contribution >= 0.6 is 0 Å². The molecule has 0 spiro atoms. The van der Waals surface area contributed by atoms with Crippen molar-refractivity contribution in [1.29, 1.82) is 0 Å². The molecule has 0 bridgehead atoms. The molecule has 1 heterocycles. The molecule has 0 unspecified atom stereocenters. The van der Waals surface area contributed by atoms with Crippen LogP contribution in [0.25, 0.3) is 10.9 Å². The number of aromatic nitrogens is 1. The van der Waals surface area contributed by atoms with E-state index in [9.17, 15) is 14.0 Å². The summed E-state index contributed by atoms with van der Waals surface area (Å²) >= 11 is 0. The number of hydrogen-bond acceptors (Lipinski definition) is 4. The topological polar surface area (TPSA) is 56.3 Å². The maximum Gasteiger partial charge on any atom is 0.339 e. The van der Waals surface area contributed by atoms with E-state index in [-0.39, 0.29) is 11.3 Å². The largest absolute Gasteiger partial charge is 0.451 e. The number of carbonyl (C=O) groups excluding carboxylic acids is 2. The highest BCUT2D eigenvalue weighted by atomic mass is 19.1. The quantitative estimate of drug-likeness (QED) is 0.808. The number of aryl methyl sites for hydroxylation is 1. The minimum Gasteiger partial charge on any atom is -0.451 e. The first-order valence-electron chi connectivity index (χ1n) is 6.17. The number of hydrogen-bond donors (Lipinski definition) is 0. The Bertz CT molecular complexity index is 692. The molecule has 1 aromatic heterocycles. The number of nitrogens with zero attached hydrogens (tertiary/aromatic N) is 1. The molecule has 1 atom stereocenters. The van der Waals surface area contributed by atoms with Gasteiger partial charge in [-0.3, -0.25) is 9.78 Å². The van der Waals surface area contributed by atoms with Crippen LogP contribution in [-0.4, -0.2) is 22.8 Å². The summed E-state index contributed by atoms with van der Waals surface area (Å²) in [6.45, 7) is 4.56. The molecule has 104 valence electrons. The van der Waals surface area contributed by atoms with Gasteiger partial charge in [0.15, 0.2) is 11.9 Å². The number of carbonyl (C=O) groups is 2. The lowest BCUT2D eigenvalue weighted by atomic mass is 10.1. The Morgan fingerprint density at radius 1 is 1.30 bits per heavy atom. The van der Waals surface area contributed by atoms with Gasteiger partial charge in [-0.2, -0.15) is 0 Å². The molecule has 4 nitrogen and oxygen atoms in total. The number of benzene rings is 1. The van der Waals surface area contributed by atoms with Gasteiger partial charge in [-0.25, -0.2) is 9.18 Å². The molecule has 2 rings (SSSR count). The Morgan fingerprint density at radius 3 is 2.65 bits per heavy atom. The normalized spacial score (nSPS) is 12.2. The summed E-state index contributed by atoms with van der Waals surface area (Å²) in [5, 5.41) is 0.498. The van der Waals surface area contributed by atoms with Crippen LogP contribution in [0.4, 0.5) is 4.39 Å². The van der Waals surface area contributed by atoms with Crippen LogP contribution in [0.3, 0.4) is 0 Å². The molecule has 20 heavy (non-hydrogen) atoms. The fourth-order valence-corrected chi connectivity index (χ4v) is 1.81. The van der Waals surface area contributed by atoms with E-state index in [0.717, 1.165) is 0 Å². The van der Waals surface area contributed by atoms with Crippen molar-refractivity contribution in [2.75, 3.05) is 0 Å². The average Bonchev–Trinajstić information content (AvgIpc) is 2.36. The smallest absolute Gasteiger partial charge is 0.339 e. The van der Waals surface area contributed by atoms with Gasteiger partial charge in [0.2, 0.25) is 0 Å². The van der Waals surface area contributed by atoms with E-state index in [4.69, 9.17) is 4.74 Å². The molecule has 0 aliphatic rings. The van der Waals surface area contributed by atoms with Gasteiger partial charge in [0.25, 0.3) is 0 Å². The SMILES string of the molecule is CC(=O)[C@H](C)OC(=O)c1cc(C)nc2cc(F)ccc12. The van der Waals surface area contributed by atoms with Crippen molar-refractivity contribution >= 4 is 22.7 Å². The molecule has 0 saturated heterocycles. The van der Waals surface area contributed by atoms with E-state index in [1.807, 2.05) is 0 Å². The van der Waals surface area contributed by atoms with Gasteiger partial charge < -0.3 is 4.74 Å². The molecule has 2 aromatic rings. The predicted molar refractivity (Wildman–Crippen MR) is 72.0 cm³/mol. The summed E-state index contributed by atoms with van der Waals surface area (Å²) in [6, 6.07) is 5.56. The number of halogens is 1. The molecule has 0 fully saturated rings. The molecule has 5 heteroatoms. The molecule has 0 saturated carbocycles. The monoisotopic (exact) mass is 275 g/mol. The lowest BCUT2D eigenvalue weighted by molar-refractivity contribution is -0.124. The lowest BCUT2D eigenvalue weighted by Gasteiger charge is -2.12. The zero-order valence-electron chi connectivity index (χ0n) is 11.4. The Kier molecular flexibility index (Phi) is 3.79. The van der Waals surface area contributed by atoms with Crippen molar-refractivity contribution in [3.05, 3.63) is 41.3 Å². The highest BCUT2D eigenvalue weighted by molar-refractivity contribution is 6.04. The third kappa shape index (κ3) is 2.82. The van der Waals surface area contributed by atoms with Crippen LogP contribution in [0, 0.1) is 12.7 Å². The van der Waals surface area contributed by atoms with Crippen molar-refractivity contribution in [3.63, 3.8) is 0 Å². The second-order valence-electron chi connectivity index (χ2n) is 4.63. The Hall–Kier alpha value is -2.30. The van der Waals surface area contributed by atoms with Crippen molar-refractivity contribution in [1.82, 2.24) is 4.98 Å². The number of fused-ring (bicyclic) bond motifs is 1. The summed E-state index contributed by atoms with van der Waals surface area (Å²) in [5.74, 6) is -1.28. The van der Waals surface area contributed by atoms with Crippen molar-refractivity contribution < 1.29 is 18.7 Å². The first kappa shape index (κ1) is 14.1. The van der Waals surface area contributed by atoms with Crippen LogP contribution in [-0.2, 0) is 9.53 Å². The third-order valence-electron chi connectivity index (χ3n) is 2.98. The van der Waals surface area contributed by atoms with Gasteiger partial charge >= 0.3 is 5.97 Å². The average molecular weight is 275 g/mol. The van der Waals surface area contributed by atoms with Gasteiger partial charge in [0.1, 0.15) is 5.82 Å². The van der Waals surface area contributed by atoms with E-state index in [1.54, 1.807) is 13.0 Å². The first-order chi connectivity index (χ1) is 9.38. The van der Waals surface area contributed by atoms with Crippen LogP contribution in [0.5, 0.6) is 0 Å². The zero-order chi connectivity index (χ0) is 14.9. The van der Waals surface area contributed by atoms with Gasteiger partial charge in [-0.1, -0.05) is 0 Å².